The van der Waals surface area contributed by atoms with Gasteiger partial charge in [-0.3, -0.25) is 4.99 Å². The fraction of sp³-hybridized carbons (Fsp3) is 0.351. The van der Waals surface area contributed by atoms with Crippen LogP contribution in [-0.4, -0.2) is 53.2 Å². The van der Waals surface area contributed by atoms with E-state index in [2.05, 4.69) is 68.6 Å². The Bertz CT molecular complexity index is 1710. The van der Waals surface area contributed by atoms with Gasteiger partial charge in [0.1, 0.15) is 5.76 Å². The molecule has 250 valence electrons. The highest BCUT2D eigenvalue weighted by molar-refractivity contribution is 5.91. The summed E-state index contributed by atoms with van der Waals surface area (Å²) in [6.45, 7) is 5.83. The van der Waals surface area contributed by atoms with Crippen LogP contribution in [0.2, 0.25) is 0 Å². The Morgan fingerprint density at radius 2 is 1.54 bits per heavy atom. The van der Waals surface area contributed by atoms with E-state index in [9.17, 15) is 18.0 Å². The van der Waals surface area contributed by atoms with Gasteiger partial charge in [-0.1, -0.05) is 78.9 Å². The Balaban J connectivity index is 1.11. The second-order valence-corrected chi connectivity index (χ2v) is 12.2. The van der Waals surface area contributed by atoms with Gasteiger partial charge in [0.05, 0.1) is 29.7 Å². The predicted molar refractivity (Wildman–Crippen MR) is 173 cm³/mol. The maximum atomic E-state index is 14.2. The number of hydrogen-bond donors (Lipinski definition) is 0. The molecule has 3 aromatic carbocycles. The molecule has 0 saturated carbocycles. The van der Waals surface area contributed by atoms with Crippen molar-refractivity contribution in [2.75, 3.05) is 26.2 Å². The number of piperidine rings is 1. The van der Waals surface area contributed by atoms with Gasteiger partial charge in [0.15, 0.2) is 0 Å². The predicted octanol–water partition coefficient (Wildman–Crippen LogP) is 8.29. The number of halogens is 3. The monoisotopic (exact) mass is 658 g/mol. The molecule has 1 fully saturated rings. The molecule has 3 heterocycles. The first kappa shape index (κ1) is 33.1. The number of carbonyl (C=O) groups excluding carboxylic acids is 1. The minimum absolute atomic E-state index is 0.0558. The van der Waals surface area contributed by atoms with Crippen molar-refractivity contribution in [3.05, 3.63) is 131 Å². The maximum Gasteiger partial charge on any atom is 0.513 e. The molecule has 2 atom stereocenters. The van der Waals surface area contributed by atoms with Crippen LogP contribution in [0.5, 0.6) is 0 Å². The molecule has 0 radical (unpaired) electrons. The van der Waals surface area contributed by atoms with Crippen molar-refractivity contribution >= 4 is 11.9 Å². The van der Waals surface area contributed by atoms with E-state index in [-0.39, 0.29) is 34.9 Å². The number of alkyl halides is 3. The van der Waals surface area contributed by atoms with Crippen molar-refractivity contribution in [3.63, 3.8) is 0 Å². The summed E-state index contributed by atoms with van der Waals surface area (Å²) < 4.78 is 59.1. The zero-order valence-corrected chi connectivity index (χ0v) is 26.8. The molecule has 48 heavy (non-hydrogen) atoms. The van der Waals surface area contributed by atoms with Crippen LogP contribution in [0, 0.1) is 0 Å². The van der Waals surface area contributed by atoms with Gasteiger partial charge in [0.25, 0.3) is 0 Å². The van der Waals surface area contributed by atoms with Crippen molar-refractivity contribution < 1.29 is 31.9 Å². The molecule has 11 heteroatoms. The van der Waals surface area contributed by atoms with E-state index in [1.54, 1.807) is 13.8 Å². The largest absolute Gasteiger partial charge is 0.513 e. The average molecular weight is 659 g/mol. The Morgan fingerprint density at radius 1 is 0.917 bits per heavy atom. The summed E-state index contributed by atoms with van der Waals surface area (Å²) >= 11 is 0. The van der Waals surface area contributed by atoms with Crippen LogP contribution < -0.4 is 0 Å². The van der Waals surface area contributed by atoms with Crippen molar-refractivity contribution in [3.8, 4) is 0 Å². The number of nitrogens with zero attached hydrogens (tertiary/aromatic N) is 4. The van der Waals surface area contributed by atoms with E-state index in [0.29, 0.717) is 12.1 Å². The lowest BCUT2D eigenvalue weighted by atomic mass is 9.68. The number of aliphatic imine (C=N–C) groups is 1. The Hall–Kier alpha value is -4.77. The second kappa shape index (κ2) is 14.1. The van der Waals surface area contributed by atoms with E-state index >= 15 is 0 Å². The third-order valence-electron chi connectivity index (χ3n) is 9.40. The van der Waals surface area contributed by atoms with Gasteiger partial charge in [0.2, 0.25) is 12.3 Å². The van der Waals surface area contributed by atoms with Crippen LogP contribution in [-0.2, 0) is 21.1 Å². The molecule has 2 aliphatic rings. The van der Waals surface area contributed by atoms with Crippen molar-refractivity contribution in [1.29, 1.82) is 0 Å². The van der Waals surface area contributed by atoms with E-state index in [1.165, 1.54) is 29.3 Å². The highest BCUT2D eigenvalue weighted by Crippen LogP contribution is 2.48. The van der Waals surface area contributed by atoms with Gasteiger partial charge in [0, 0.05) is 17.7 Å². The molecule has 4 aromatic rings. The van der Waals surface area contributed by atoms with Crippen LogP contribution in [0.3, 0.4) is 0 Å². The lowest BCUT2D eigenvalue weighted by Gasteiger charge is -2.43. The topological polar surface area (TPSA) is 90.1 Å². The van der Waals surface area contributed by atoms with E-state index < -0.39 is 29.7 Å². The van der Waals surface area contributed by atoms with Crippen LogP contribution >= 0.6 is 0 Å². The molecule has 0 bridgehead atoms. The van der Waals surface area contributed by atoms with Gasteiger partial charge >= 0.3 is 12.3 Å². The second-order valence-electron chi connectivity index (χ2n) is 12.2. The van der Waals surface area contributed by atoms with E-state index in [0.717, 1.165) is 44.9 Å². The number of hydrogen-bond acceptors (Lipinski definition) is 8. The number of aromatic nitrogens is 2. The summed E-state index contributed by atoms with van der Waals surface area (Å²) in [7, 11) is 0. The first-order valence-corrected chi connectivity index (χ1v) is 16.0. The van der Waals surface area contributed by atoms with Crippen LogP contribution in [0.15, 0.2) is 112 Å². The molecular formula is C37H37F3N4O4. The minimum atomic E-state index is -4.66. The molecule has 0 N–H and O–H groups in total. The lowest BCUT2D eigenvalue weighted by Crippen LogP contribution is -2.43. The maximum absolute atomic E-state index is 14.2. The molecule has 2 unspecified atom stereocenters. The summed E-state index contributed by atoms with van der Waals surface area (Å²) in [4.78, 5) is 19.9. The highest BCUT2D eigenvalue weighted by Gasteiger charge is 2.45. The Labute approximate surface area is 277 Å². The molecule has 0 spiro atoms. The summed E-state index contributed by atoms with van der Waals surface area (Å²) in [5, 5.41) is 7.68. The van der Waals surface area contributed by atoms with E-state index in [1.807, 2.05) is 12.1 Å². The van der Waals surface area contributed by atoms with Crippen LogP contribution in [0.25, 0.3) is 0 Å². The standard InChI is InChI=1S/C37H37F3N4O4/c1-25-31(34-43-41-24-47-34)32(29-16-9-10-17-30(29)37(38,39)40)33(26(2)42-25)48-35(45)46-23-11-20-44-21-18-36(19-22-44,27-12-5-3-6-13-27)28-14-7-4-8-15-28/h3-10,12-17,24,31-32H,11,18-23H2,1-2H3. The van der Waals surface area contributed by atoms with Crippen LogP contribution in [0.1, 0.15) is 73.1 Å². The number of rotatable bonds is 9. The van der Waals surface area contributed by atoms with Gasteiger partial charge in [-0.25, -0.2) is 4.79 Å². The molecule has 6 rings (SSSR count). The SMILES string of the molecule is CC1=NC(C)=C(OC(=O)OCCCN2CCC(c3ccccc3)(c3ccccc3)CC2)C(c2ccccc2C(F)(F)F)C1c1nnco1. The van der Waals surface area contributed by atoms with E-state index in [4.69, 9.17) is 13.9 Å². The summed E-state index contributed by atoms with van der Waals surface area (Å²) in [5.74, 6) is -2.00. The zero-order chi connectivity index (χ0) is 33.7. The number of allylic oxidation sites excluding steroid dienone is 2. The van der Waals surface area contributed by atoms with Crippen molar-refractivity contribution in [2.45, 2.75) is 56.5 Å². The normalized spacial score (nSPS) is 19.9. The van der Waals surface area contributed by atoms with Crippen LogP contribution in [0.4, 0.5) is 18.0 Å². The minimum Gasteiger partial charge on any atom is -0.434 e. The first-order valence-electron chi connectivity index (χ1n) is 16.0. The zero-order valence-electron chi connectivity index (χ0n) is 26.8. The first-order chi connectivity index (χ1) is 23.2. The molecule has 1 aromatic heterocycles. The highest BCUT2D eigenvalue weighted by atomic mass is 19.4. The average Bonchev–Trinajstić information content (AvgIpc) is 3.63. The number of ether oxygens (including phenoxy) is 2. The number of carbonyl (C=O) groups is 1. The smallest absolute Gasteiger partial charge is 0.434 e. The van der Waals surface area contributed by atoms with Gasteiger partial charge in [-0.05, 0) is 69.0 Å². The molecular weight excluding hydrogens is 621 g/mol. The Morgan fingerprint density at radius 3 is 2.15 bits per heavy atom. The summed E-state index contributed by atoms with van der Waals surface area (Å²) in [6.07, 6.45) is -2.09. The fourth-order valence-corrected chi connectivity index (χ4v) is 7.11. The lowest BCUT2D eigenvalue weighted by molar-refractivity contribution is -0.138. The van der Waals surface area contributed by atoms with Crippen molar-refractivity contribution in [1.82, 2.24) is 15.1 Å². The molecule has 0 amide bonds. The summed E-state index contributed by atoms with van der Waals surface area (Å²) in [5.41, 5.74) is 2.31. The third-order valence-corrected chi connectivity index (χ3v) is 9.40. The Kier molecular flexibility index (Phi) is 9.77. The third kappa shape index (κ3) is 6.92. The molecule has 1 saturated heterocycles. The van der Waals surface area contributed by atoms with Gasteiger partial charge in [-0.2, -0.15) is 13.2 Å². The summed E-state index contributed by atoms with van der Waals surface area (Å²) in [6, 6.07) is 26.4. The molecule has 0 aliphatic carbocycles. The molecule has 8 nitrogen and oxygen atoms in total. The van der Waals surface area contributed by atoms with Gasteiger partial charge in [-0.15, -0.1) is 10.2 Å². The number of benzene rings is 3. The number of likely N-dealkylation sites (tertiary alicyclic amines) is 1. The fourth-order valence-electron chi connectivity index (χ4n) is 7.11. The molecule has 2 aliphatic heterocycles. The quantitative estimate of drug-likeness (QED) is 0.132. The van der Waals surface area contributed by atoms with Gasteiger partial charge < -0.3 is 18.8 Å². The van der Waals surface area contributed by atoms with Crippen molar-refractivity contribution in [2.24, 2.45) is 4.99 Å².